The molecule has 1 atom stereocenters. The van der Waals surface area contributed by atoms with Gasteiger partial charge < -0.3 is 15.5 Å². The van der Waals surface area contributed by atoms with Crippen molar-refractivity contribution in [2.75, 3.05) is 23.3 Å². The Kier molecular flexibility index (Phi) is 4.55. The summed E-state index contributed by atoms with van der Waals surface area (Å²) in [5.74, 6) is 1.04. The van der Waals surface area contributed by atoms with Gasteiger partial charge in [-0.2, -0.15) is 5.10 Å². The second kappa shape index (κ2) is 7.02. The fourth-order valence-electron chi connectivity index (χ4n) is 3.42. The topological polar surface area (TPSA) is 92.2 Å². The first-order chi connectivity index (χ1) is 13.1. The largest absolute Gasteiger partial charge is 0.359 e. The summed E-state index contributed by atoms with van der Waals surface area (Å²) in [5.41, 5.74) is 2.09. The van der Waals surface area contributed by atoms with E-state index in [1.54, 1.807) is 28.0 Å². The van der Waals surface area contributed by atoms with Gasteiger partial charge in [-0.25, -0.2) is 4.98 Å². The van der Waals surface area contributed by atoms with Crippen molar-refractivity contribution in [1.29, 1.82) is 0 Å². The Balaban J connectivity index is 1.57. The number of hydrogen-bond donors (Lipinski definition) is 2. The van der Waals surface area contributed by atoms with Gasteiger partial charge in [0, 0.05) is 26.0 Å². The molecule has 1 saturated carbocycles. The Labute approximate surface area is 158 Å². The van der Waals surface area contributed by atoms with Crippen molar-refractivity contribution >= 4 is 23.3 Å². The number of nitrogens with one attached hydrogen (secondary N) is 2. The summed E-state index contributed by atoms with van der Waals surface area (Å²) >= 11 is 0. The Morgan fingerprint density at radius 1 is 1.44 bits per heavy atom. The molecule has 0 bridgehead atoms. The minimum Gasteiger partial charge on any atom is -0.359 e. The minimum atomic E-state index is -0.206. The van der Waals surface area contributed by atoms with E-state index in [9.17, 15) is 9.59 Å². The molecular weight excluding hydrogens is 344 g/mol. The zero-order valence-electron chi connectivity index (χ0n) is 15.6. The average molecular weight is 368 g/mol. The molecule has 1 aliphatic carbocycles. The van der Waals surface area contributed by atoms with Crippen LogP contribution in [0.5, 0.6) is 0 Å². The van der Waals surface area contributed by atoms with Crippen LogP contribution in [0, 0.1) is 5.92 Å². The molecule has 2 amide bonds. The van der Waals surface area contributed by atoms with Crippen molar-refractivity contribution in [3.8, 4) is 0 Å². The normalized spacial score (nSPS) is 17.3. The monoisotopic (exact) mass is 368 g/mol. The lowest BCUT2D eigenvalue weighted by Gasteiger charge is -2.30. The van der Waals surface area contributed by atoms with Crippen LogP contribution in [0.25, 0.3) is 0 Å². The van der Waals surface area contributed by atoms with Crippen molar-refractivity contribution in [2.45, 2.75) is 32.2 Å². The molecule has 4 rings (SSSR count). The number of carbonyl (C=O) groups is 2. The maximum absolute atomic E-state index is 12.8. The van der Waals surface area contributed by atoms with E-state index in [1.165, 1.54) is 0 Å². The van der Waals surface area contributed by atoms with Gasteiger partial charge in [0.25, 0.3) is 5.91 Å². The van der Waals surface area contributed by atoms with Crippen LogP contribution < -0.4 is 15.5 Å². The number of carbonyl (C=O) groups excluding carboxylic acids is 2. The highest BCUT2D eigenvalue weighted by Gasteiger charge is 2.32. The van der Waals surface area contributed by atoms with Crippen LogP contribution >= 0.6 is 0 Å². The predicted molar refractivity (Wildman–Crippen MR) is 102 cm³/mol. The third-order valence-electron chi connectivity index (χ3n) is 5.20. The van der Waals surface area contributed by atoms with Crippen LogP contribution in [-0.2, 0) is 11.8 Å². The molecule has 27 heavy (non-hydrogen) atoms. The lowest BCUT2D eigenvalue weighted by atomic mass is 10.1. The Morgan fingerprint density at radius 3 is 2.93 bits per heavy atom. The van der Waals surface area contributed by atoms with E-state index in [0.29, 0.717) is 29.5 Å². The first-order valence-corrected chi connectivity index (χ1v) is 9.40. The van der Waals surface area contributed by atoms with E-state index >= 15 is 0 Å². The van der Waals surface area contributed by atoms with Crippen molar-refractivity contribution in [3.05, 3.63) is 35.8 Å². The quantitative estimate of drug-likeness (QED) is 0.812. The molecule has 0 aromatic carbocycles. The zero-order chi connectivity index (χ0) is 19.0. The highest BCUT2D eigenvalue weighted by atomic mass is 16.2. The van der Waals surface area contributed by atoms with Crippen LogP contribution in [0.4, 0.5) is 11.5 Å². The Morgan fingerprint density at radius 2 is 2.26 bits per heavy atom. The number of rotatable bonds is 6. The number of aryl methyl sites for hydroxylation is 1. The van der Waals surface area contributed by atoms with Crippen LogP contribution in [0.1, 0.15) is 48.3 Å². The maximum Gasteiger partial charge on any atom is 0.253 e. The number of nitrogens with zero attached hydrogens (tertiary/aromatic N) is 4. The van der Waals surface area contributed by atoms with Gasteiger partial charge in [0.05, 0.1) is 29.5 Å². The van der Waals surface area contributed by atoms with E-state index in [1.807, 2.05) is 20.0 Å². The summed E-state index contributed by atoms with van der Waals surface area (Å²) in [6, 6.07) is 3.53. The molecule has 8 heteroatoms. The molecule has 2 aliphatic rings. The lowest BCUT2D eigenvalue weighted by Crippen LogP contribution is -2.41. The van der Waals surface area contributed by atoms with Gasteiger partial charge in [-0.3, -0.25) is 14.3 Å². The molecule has 142 valence electrons. The maximum atomic E-state index is 12.8. The van der Waals surface area contributed by atoms with Gasteiger partial charge in [-0.05, 0) is 37.3 Å². The summed E-state index contributed by atoms with van der Waals surface area (Å²) in [7, 11) is 1.86. The molecule has 2 aromatic rings. The number of aromatic nitrogens is 3. The van der Waals surface area contributed by atoms with Gasteiger partial charge >= 0.3 is 0 Å². The summed E-state index contributed by atoms with van der Waals surface area (Å²) in [6.45, 7) is 2.96. The van der Waals surface area contributed by atoms with Crippen molar-refractivity contribution in [1.82, 2.24) is 20.1 Å². The number of fused-ring (bicyclic) bond motifs is 1. The fourth-order valence-corrected chi connectivity index (χ4v) is 3.42. The van der Waals surface area contributed by atoms with E-state index in [4.69, 9.17) is 0 Å². The van der Waals surface area contributed by atoms with E-state index < -0.39 is 0 Å². The third-order valence-corrected chi connectivity index (χ3v) is 5.20. The molecule has 3 heterocycles. The SMILES string of the molecule is CCC(NC(=O)c1cnc2c(c1)N(CC1CC1)C(=O)CN2)c1ccnn1C. The Bertz CT molecular complexity index is 873. The van der Waals surface area contributed by atoms with Crippen LogP contribution in [0.2, 0.25) is 0 Å². The first kappa shape index (κ1) is 17.5. The lowest BCUT2D eigenvalue weighted by molar-refractivity contribution is -0.117. The number of hydrogen-bond acceptors (Lipinski definition) is 5. The molecule has 1 aliphatic heterocycles. The van der Waals surface area contributed by atoms with Crippen molar-refractivity contribution in [3.63, 3.8) is 0 Å². The first-order valence-electron chi connectivity index (χ1n) is 9.40. The molecule has 8 nitrogen and oxygen atoms in total. The van der Waals surface area contributed by atoms with E-state index in [2.05, 4.69) is 20.7 Å². The molecule has 0 radical (unpaired) electrons. The van der Waals surface area contributed by atoms with Gasteiger partial charge in [-0.1, -0.05) is 6.92 Å². The number of pyridine rings is 1. The number of anilines is 2. The average Bonchev–Trinajstić information content (AvgIpc) is 3.40. The number of amides is 2. The van der Waals surface area contributed by atoms with Gasteiger partial charge in [0.2, 0.25) is 5.91 Å². The third kappa shape index (κ3) is 3.51. The van der Waals surface area contributed by atoms with Crippen LogP contribution in [-0.4, -0.2) is 39.7 Å². The van der Waals surface area contributed by atoms with Crippen LogP contribution in [0.15, 0.2) is 24.5 Å². The summed E-state index contributed by atoms with van der Waals surface area (Å²) in [6.07, 6.45) is 6.34. The molecule has 0 spiro atoms. The van der Waals surface area contributed by atoms with Gasteiger partial charge in [-0.15, -0.1) is 0 Å². The summed E-state index contributed by atoms with van der Waals surface area (Å²) in [5, 5.41) is 10.3. The summed E-state index contributed by atoms with van der Waals surface area (Å²) in [4.78, 5) is 31.3. The standard InChI is InChI=1S/C19H24N6O2/c1-3-14(15-6-7-22-24(15)2)23-19(27)13-8-16-18(20-9-13)21-10-17(26)25(16)11-12-4-5-12/h6-9,12,14H,3-5,10-11H2,1-2H3,(H,20,21)(H,23,27). The highest BCUT2D eigenvalue weighted by molar-refractivity contribution is 6.04. The smallest absolute Gasteiger partial charge is 0.253 e. The summed E-state index contributed by atoms with van der Waals surface area (Å²) < 4.78 is 1.76. The second-order valence-corrected chi connectivity index (χ2v) is 7.21. The van der Waals surface area contributed by atoms with Gasteiger partial charge in [0.1, 0.15) is 5.82 Å². The second-order valence-electron chi connectivity index (χ2n) is 7.21. The highest BCUT2D eigenvalue weighted by Crippen LogP contribution is 2.35. The van der Waals surface area contributed by atoms with Crippen LogP contribution in [0.3, 0.4) is 0 Å². The predicted octanol–water partition coefficient (Wildman–Crippen LogP) is 1.86. The molecule has 1 unspecified atom stereocenters. The molecule has 2 N–H and O–H groups in total. The van der Waals surface area contributed by atoms with Gasteiger partial charge in [0.15, 0.2) is 0 Å². The Hall–Kier alpha value is -2.90. The van der Waals surface area contributed by atoms with Crippen molar-refractivity contribution < 1.29 is 9.59 Å². The molecular formula is C19H24N6O2. The fraction of sp³-hybridized carbons (Fsp3) is 0.474. The zero-order valence-corrected chi connectivity index (χ0v) is 15.6. The van der Waals surface area contributed by atoms with Crippen molar-refractivity contribution in [2.24, 2.45) is 13.0 Å². The minimum absolute atomic E-state index is 0.0232. The van der Waals surface area contributed by atoms with E-state index in [-0.39, 0.29) is 24.4 Å². The molecule has 1 fully saturated rings. The molecule has 2 aromatic heterocycles. The van der Waals surface area contributed by atoms with E-state index in [0.717, 1.165) is 25.0 Å². The molecule has 0 saturated heterocycles.